The number of aryl methyl sites for hydroxylation is 1. The lowest BCUT2D eigenvalue weighted by Crippen LogP contribution is -2.11. The van der Waals surface area contributed by atoms with Crippen LogP contribution in [0.25, 0.3) is 0 Å². The van der Waals surface area contributed by atoms with Crippen molar-refractivity contribution in [2.24, 2.45) is 0 Å². The number of hydrogen-bond acceptors (Lipinski definition) is 6. The predicted octanol–water partition coefficient (Wildman–Crippen LogP) is 2.94. The van der Waals surface area contributed by atoms with Crippen LogP contribution in [0.15, 0.2) is 18.2 Å². The minimum Gasteiger partial charge on any atom is -0.461 e. The second-order valence-electron chi connectivity index (χ2n) is 4.68. The van der Waals surface area contributed by atoms with Gasteiger partial charge in [0.1, 0.15) is 0 Å². The molecule has 0 fully saturated rings. The summed E-state index contributed by atoms with van der Waals surface area (Å²) >= 11 is 0. The van der Waals surface area contributed by atoms with Gasteiger partial charge in [0.05, 0.1) is 6.10 Å². The third kappa shape index (κ3) is 4.01. The van der Waals surface area contributed by atoms with E-state index in [0.29, 0.717) is 0 Å². The van der Waals surface area contributed by atoms with Crippen molar-refractivity contribution in [3.63, 3.8) is 0 Å². The summed E-state index contributed by atoms with van der Waals surface area (Å²) in [6.45, 7) is 5.54. The molecule has 0 aliphatic carbocycles. The van der Waals surface area contributed by atoms with Gasteiger partial charge in [-0.1, -0.05) is 6.07 Å². The first-order valence-corrected chi connectivity index (χ1v) is 6.52. The van der Waals surface area contributed by atoms with Crippen molar-refractivity contribution < 1.29 is 13.9 Å². The fourth-order valence-electron chi connectivity index (χ4n) is 1.55. The maximum Gasteiger partial charge on any atom is 0.330 e. The lowest BCUT2D eigenvalue weighted by Gasteiger charge is -2.11. The molecule has 0 aliphatic rings. The molecule has 0 bridgehead atoms. The van der Waals surface area contributed by atoms with Crippen LogP contribution in [-0.2, 0) is 0 Å². The van der Waals surface area contributed by atoms with Gasteiger partial charge in [-0.15, -0.1) is 4.98 Å². The molecule has 0 saturated carbocycles. The van der Waals surface area contributed by atoms with Crippen LogP contribution in [-0.4, -0.2) is 28.1 Å². The third-order valence-electron chi connectivity index (χ3n) is 2.45. The number of nitrogens with zero attached hydrogens (tertiary/aromatic N) is 3. The first-order chi connectivity index (χ1) is 9.97. The van der Waals surface area contributed by atoms with Crippen molar-refractivity contribution in [1.82, 2.24) is 15.0 Å². The van der Waals surface area contributed by atoms with Crippen LogP contribution in [0.4, 0.5) is 10.3 Å². The van der Waals surface area contributed by atoms with Crippen molar-refractivity contribution in [1.29, 1.82) is 0 Å². The Bertz CT molecular complexity index is 634. The van der Waals surface area contributed by atoms with Gasteiger partial charge in [0.15, 0.2) is 11.6 Å². The van der Waals surface area contributed by atoms with Gasteiger partial charge in [-0.25, -0.2) is 4.39 Å². The highest BCUT2D eigenvalue weighted by atomic mass is 19.1. The maximum atomic E-state index is 13.7. The molecule has 1 aromatic heterocycles. The molecule has 2 rings (SSSR count). The van der Waals surface area contributed by atoms with Crippen molar-refractivity contribution in [2.75, 3.05) is 12.4 Å². The summed E-state index contributed by atoms with van der Waals surface area (Å²) in [7, 11) is 1.66. The van der Waals surface area contributed by atoms with E-state index in [1.54, 1.807) is 19.2 Å². The third-order valence-corrected chi connectivity index (χ3v) is 2.45. The van der Waals surface area contributed by atoms with Gasteiger partial charge in [0.25, 0.3) is 0 Å². The van der Waals surface area contributed by atoms with E-state index in [0.717, 1.165) is 5.56 Å². The Morgan fingerprint density at radius 3 is 2.52 bits per heavy atom. The molecule has 6 nitrogen and oxygen atoms in total. The van der Waals surface area contributed by atoms with Crippen molar-refractivity contribution in [2.45, 2.75) is 26.9 Å². The van der Waals surface area contributed by atoms with Gasteiger partial charge in [-0.05, 0) is 38.5 Å². The number of aromatic nitrogens is 3. The highest BCUT2D eigenvalue weighted by Crippen LogP contribution is 2.24. The first-order valence-electron chi connectivity index (χ1n) is 6.52. The Morgan fingerprint density at radius 2 is 1.86 bits per heavy atom. The second-order valence-corrected chi connectivity index (χ2v) is 4.68. The molecule has 0 atom stereocenters. The van der Waals surface area contributed by atoms with Gasteiger partial charge < -0.3 is 14.8 Å². The van der Waals surface area contributed by atoms with Crippen LogP contribution in [0.2, 0.25) is 0 Å². The largest absolute Gasteiger partial charge is 0.461 e. The van der Waals surface area contributed by atoms with Crippen LogP contribution in [0.1, 0.15) is 19.4 Å². The van der Waals surface area contributed by atoms with Crippen LogP contribution < -0.4 is 14.8 Å². The minimum absolute atomic E-state index is 0.0329. The molecule has 0 unspecified atom stereocenters. The van der Waals surface area contributed by atoms with Crippen molar-refractivity contribution in [3.8, 4) is 17.8 Å². The number of anilines is 1. The molecule has 0 aliphatic heterocycles. The lowest BCUT2D eigenvalue weighted by molar-refractivity contribution is 0.218. The zero-order valence-electron chi connectivity index (χ0n) is 12.3. The average molecular weight is 292 g/mol. The molecule has 112 valence electrons. The van der Waals surface area contributed by atoms with Crippen LogP contribution in [0.3, 0.4) is 0 Å². The molecule has 0 spiro atoms. The van der Waals surface area contributed by atoms with Crippen molar-refractivity contribution >= 4 is 5.95 Å². The summed E-state index contributed by atoms with van der Waals surface area (Å²) in [4.78, 5) is 12.1. The van der Waals surface area contributed by atoms with Gasteiger partial charge in [-0.2, -0.15) is 9.97 Å². The first kappa shape index (κ1) is 15.0. The lowest BCUT2D eigenvalue weighted by atomic mass is 10.2. The quantitative estimate of drug-likeness (QED) is 0.913. The minimum atomic E-state index is -0.488. The number of benzene rings is 1. The molecule has 1 N–H and O–H groups in total. The van der Waals surface area contributed by atoms with Gasteiger partial charge in [0, 0.05) is 7.05 Å². The summed E-state index contributed by atoms with van der Waals surface area (Å²) in [5, 5.41) is 2.78. The Hall–Kier alpha value is -2.44. The van der Waals surface area contributed by atoms with E-state index in [4.69, 9.17) is 9.47 Å². The molecule has 0 saturated heterocycles. The summed E-state index contributed by atoms with van der Waals surface area (Å²) in [5.41, 5.74) is 0.868. The fraction of sp³-hybridized carbons (Fsp3) is 0.357. The molecular weight excluding hydrogens is 275 g/mol. The summed E-state index contributed by atoms with van der Waals surface area (Å²) in [6.07, 6.45) is -0.0966. The standard InChI is InChI=1S/C14H17FN4O2/c1-8(2)20-13-17-12(16-4)18-14(19-13)21-11-7-9(3)5-6-10(11)15/h5-8H,1-4H3,(H,16,17,18,19). The van der Waals surface area contributed by atoms with E-state index in [1.807, 2.05) is 20.8 Å². The molecule has 0 amide bonds. The van der Waals surface area contributed by atoms with E-state index >= 15 is 0 Å². The van der Waals surface area contributed by atoms with Gasteiger partial charge in [-0.3, -0.25) is 0 Å². The number of rotatable bonds is 5. The number of halogens is 1. The molecule has 1 aromatic carbocycles. The van der Waals surface area contributed by atoms with Gasteiger partial charge in [0.2, 0.25) is 5.95 Å². The Balaban J connectivity index is 2.32. The van der Waals surface area contributed by atoms with E-state index in [1.165, 1.54) is 6.07 Å². The molecule has 0 radical (unpaired) electrons. The van der Waals surface area contributed by atoms with Crippen molar-refractivity contribution in [3.05, 3.63) is 29.6 Å². The van der Waals surface area contributed by atoms with E-state index in [-0.39, 0.29) is 29.8 Å². The monoisotopic (exact) mass is 292 g/mol. The smallest absolute Gasteiger partial charge is 0.330 e. The number of nitrogens with one attached hydrogen (secondary N) is 1. The average Bonchev–Trinajstić information content (AvgIpc) is 2.42. The topological polar surface area (TPSA) is 69.2 Å². The zero-order valence-corrected chi connectivity index (χ0v) is 12.3. The number of ether oxygens (including phenoxy) is 2. The molecule has 7 heteroatoms. The molecule has 2 aromatic rings. The predicted molar refractivity (Wildman–Crippen MR) is 76.3 cm³/mol. The summed E-state index contributed by atoms with van der Waals surface area (Å²) < 4.78 is 24.5. The number of hydrogen-bond donors (Lipinski definition) is 1. The van der Waals surface area contributed by atoms with E-state index in [2.05, 4.69) is 20.3 Å². The highest BCUT2D eigenvalue weighted by molar-refractivity contribution is 5.33. The normalized spacial score (nSPS) is 10.6. The van der Waals surface area contributed by atoms with Crippen LogP contribution >= 0.6 is 0 Å². The summed E-state index contributed by atoms with van der Waals surface area (Å²) in [5.74, 6) is -0.152. The van der Waals surface area contributed by atoms with Gasteiger partial charge >= 0.3 is 12.0 Å². The van der Waals surface area contributed by atoms with Crippen LogP contribution in [0.5, 0.6) is 17.8 Å². The zero-order chi connectivity index (χ0) is 15.4. The fourth-order valence-corrected chi connectivity index (χ4v) is 1.55. The Morgan fingerprint density at radius 1 is 1.14 bits per heavy atom. The Kier molecular flexibility index (Phi) is 4.52. The van der Waals surface area contributed by atoms with E-state index in [9.17, 15) is 4.39 Å². The second kappa shape index (κ2) is 6.34. The van der Waals surface area contributed by atoms with Crippen LogP contribution in [0, 0.1) is 12.7 Å². The maximum absolute atomic E-state index is 13.7. The SMILES string of the molecule is CNc1nc(Oc2cc(C)ccc2F)nc(OC(C)C)n1. The Labute approximate surface area is 122 Å². The molecular formula is C14H17FN4O2. The molecule has 21 heavy (non-hydrogen) atoms. The van der Waals surface area contributed by atoms with E-state index < -0.39 is 5.82 Å². The highest BCUT2D eigenvalue weighted by Gasteiger charge is 2.12. The summed E-state index contributed by atoms with van der Waals surface area (Å²) in [6, 6.07) is 4.64. The molecule has 1 heterocycles.